The van der Waals surface area contributed by atoms with E-state index in [2.05, 4.69) is 5.32 Å². The molecule has 3 N–H and O–H groups in total. The summed E-state index contributed by atoms with van der Waals surface area (Å²) in [4.78, 5) is 13.5. The van der Waals surface area contributed by atoms with Gasteiger partial charge in [-0.05, 0) is 25.1 Å². The summed E-state index contributed by atoms with van der Waals surface area (Å²) in [5.74, 6) is -0.0184. The first-order chi connectivity index (χ1) is 7.61. The summed E-state index contributed by atoms with van der Waals surface area (Å²) in [7, 11) is 0. The van der Waals surface area contributed by atoms with Crippen LogP contribution in [-0.4, -0.2) is 25.0 Å². The second-order valence-corrected chi connectivity index (χ2v) is 4.36. The maximum Gasteiger partial charge on any atom is 0.243 e. The maximum absolute atomic E-state index is 11.5. The van der Waals surface area contributed by atoms with Crippen molar-refractivity contribution in [3.8, 4) is 0 Å². The van der Waals surface area contributed by atoms with Crippen LogP contribution < -0.4 is 16.0 Å². The van der Waals surface area contributed by atoms with Crippen molar-refractivity contribution in [2.24, 2.45) is 5.73 Å². The fraction of sp³-hybridized carbons (Fsp3) is 0.364. The minimum Gasteiger partial charge on any atom is -0.357 e. The number of rotatable bonds is 2. The normalized spacial score (nSPS) is 16.7. The summed E-state index contributed by atoms with van der Waals surface area (Å²) in [5, 5.41) is 3.47. The van der Waals surface area contributed by atoms with E-state index < -0.39 is 0 Å². The molecule has 0 bridgehead atoms. The van der Waals surface area contributed by atoms with Gasteiger partial charge >= 0.3 is 0 Å². The lowest BCUT2D eigenvalue weighted by molar-refractivity contribution is -0.115. The van der Waals surface area contributed by atoms with Gasteiger partial charge in [0.15, 0.2) is 0 Å². The molecule has 1 atom stereocenters. The second kappa shape index (κ2) is 4.31. The zero-order chi connectivity index (χ0) is 11.7. The first-order valence-electron chi connectivity index (χ1n) is 5.18. The van der Waals surface area contributed by atoms with Gasteiger partial charge in [-0.1, -0.05) is 11.6 Å². The van der Waals surface area contributed by atoms with E-state index in [-0.39, 0.29) is 11.9 Å². The van der Waals surface area contributed by atoms with Gasteiger partial charge < -0.3 is 16.0 Å². The Bertz CT molecular complexity index is 422. The van der Waals surface area contributed by atoms with Crippen molar-refractivity contribution in [1.82, 2.24) is 0 Å². The molecule has 1 amide bonds. The molecular weight excluding hydrogens is 226 g/mol. The van der Waals surface area contributed by atoms with Gasteiger partial charge in [0.2, 0.25) is 5.91 Å². The largest absolute Gasteiger partial charge is 0.357 e. The molecule has 0 fully saturated rings. The number of hydrogen-bond acceptors (Lipinski definition) is 3. The Labute approximate surface area is 99.4 Å². The number of carbonyl (C=O) groups excluding carboxylic acids is 1. The fourth-order valence-electron chi connectivity index (χ4n) is 1.80. The summed E-state index contributed by atoms with van der Waals surface area (Å²) < 4.78 is 0. The van der Waals surface area contributed by atoms with Crippen molar-refractivity contribution in [2.75, 3.05) is 23.3 Å². The number of nitrogens with zero attached hydrogens (tertiary/aromatic N) is 1. The lowest BCUT2D eigenvalue weighted by Gasteiger charge is -2.35. The number of hydrogen-bond donors (Lipinski definition) is 2. The molecule has 1 heterocycles. The van der Waals surface area contributed by atoms with Crippen molar-refractivity contribution in [3.63, 3.8) is 0 Å². The van der Waals surface area contributed by atoms with Crippen LogP contribution in [0.1, 0.15) is 6.92 Å². The van der Waals surface area contributed by atoms with Gasteiger partial charge in [0, 0.05) is 17.6 Å². The van der Waals surface area contributed by atoms with Crippen LogP contribution in [0.2, 0.25) is 5.02 Å². The van der Waals surface area contributed by atoms with E-state index >= 15 is 0 Å². The van der Waals surface area contributed by atoms with E-state index in [9.17, 15) is 4.79 Å². The average Bonchev–Trinajstić information content (AvgIpc) is 2.27. The van der Waals surface area contributed by atoms with Gasteiger partial charge in [0.25, 0.3) is 0 Å². The van der Waals surface area contributed by atoms with Crippen LogP contribution in [0.15, 0.2) is 18.2 Å². The third-order valence-corrected chi connectivity index (χ3v) is 2.97. The van der Waals surface area contributed by atoms with Crippen LogP contribution in [0.4, 0.5) is 11.4 Å². The predicted octanol–water partition coefficient (Wildman–Crippen LogP) is 1.45. The number of fused-ring (bicyclic) bond motifs is 1. The van der Waals surface area contributed by atoms with Gasteiger partial charge in [-0.15, -0.1) is 0 Å². The molecule has 0 radical (unpaired) electrons. The summed E-state index contributed by atoms with van der Waals surface area (Å²) in [6.07, 6.45) is 0. The molecule has 2 rings (SSSR count). The quantitative estimate of drug-likeness (QED) is 0.821. The lowest BCUT2D eigenvalue weighted by Crippen LogP contribution is -2.46. The first-order valence-corrected chi connectivity index (χ1v) is 5.55. The summed E-state index contributed by atoms with van der Waals surface area (Å²) >= 11 is 5.96. The number of carbonyl (C=O) groups is 1. The highest BCUT2D eigenvalue weighted by Gasteiger charge is 2.25. The number of nitrogens with two attached hydrogens (primary N) is 1. The lowest BCUT2D eigenvalue weighted by atomic mass is 10.1. The number of nitrogens with one attached hydrogen (secondary N) is 1. The molecule has 1 aliphatic heterocycles. The molecule has 0 aliphatic carbocycles. The number of anilines is 2. The van der Waals surface area contributed by atoms with Crippen LogP contribution in [-0.2, 0) is 4.79 Å². The Hall–Kier alpha value is -1.26. The molecule has 1 aliphatic rings. The van der Waals surface area contributed by atoms with Crippen molar-refractivity contribution < 1.29 is 4.79 Å². The molecule has 4 nitrogen and oxygen atoms in total. The van der Waals surface area contributed by atoms with Crippen LogP contribution in [0.25, 0.3) is 0 Å². The van der Waals surface area contributed by atoms with Gasteiger partial charge in [-0.3, -0.25) is 4.79 Å². The van der Waals surface area contributed by atoms with Crippen molar-refractivity contribution in [3.05, 3.63) is 23.2 Å². The summed E-state index contributed by atoms with van der Waals surface area (Å²) in [5.41, 5.74) is 7.36. The maximum atomic E-state index is 11.5. The predicted molar refractivity (Wildman–Crippen MR) is 65.9 cm³/mol. The van der Waals surface area contributed by atoms with Crippen LogP contribution in [0.3, 0.4) is 0 Å². The average molecular weight is 240 g/mol. The fourth-order valence-corrected chi connectivity index (χ4v) is 1.96. The molecule has 5 heteroatoms. The number of halogens is 1. The highest BCUT2D eigenvalue weighted by molar-refractivity contribution is 6.31. The highest BCUT2D eigenvalue weighted by atomic mass is 35.5. The zero-order valence-corrected chi connectivity index (χ0v) is 9.79. The van der Waals surface area contributed by atoms with Crippen molar-refractivity contribution in [1.29, 1.82) is 0 Å². The van der Waals surface area contributed by atoms with E-state index in [1.807, 2.05) is 24.0 Å². The Kier molecular flexibility index (Phi) is 3.03. The molecule has 1 unspecified atom stereocenters. The SMILES string of the molecule is CC(CN)N1CC(=O)Nc2ccc(Cl)cc21. The van der Waals surface area contributed by atoms with E-state index in [4.69, 9.17) is 17.3 Å². The van der Waals surface area contributed by atoms with Crippen LogP contribution in [0, 0.1) is 0 Å². The minimum atomic E-state index is -0.0184. The zero-order valence-electron chi connectivity index (χ0n) is 9.03. The van der Waals surface area contributed by atoms with Gasteiger partial charge in [-0.2, -0.15) is 0 Å². The summed E-state index contributed by atoms with van der Waals surface area (Å²) in [6.45, 7) is 2.81. The van der Waals surface area contributed by atoms with Crippen molar-refractivity contribution >= 4 is 28.9 Å². The first kappa shape index (κ1) is 11.2. The van der Waals surface area contributed by atoms with E-state index in [0.717, 1.165) is 11.4 Å². The van der Waals surface area contributed by atoms with Crippen LogP contribution >= 0.6 is 11.6 Å². The summed E-state index contributed by atoms with van der Waals surface area (Å²) in [6, 6.07) is 5.54. The molecule has 16 heavy (non-hydrogen) atoms. The Morgan fingerprint density at radius 2 is 2.38 bits per heavy atom. The van der Waals surface area contributed by atoms with Gasteiger partial charge in [-0.25, -0.2) is 0 Å². The smallest absolute Gasteiger partial charge is 0.243 e. The van der Waals surface area contributed by atoms with Crippen LogP contribution in [0.5, 0.6) is 0 Å². The number of benzene rings is 1. The Morgan fingerprint density at radius 3 is 3.06 bits per heavy atom. The topological polar surface area (TPSA) is 58.4 Å². The third-order valence-electron chi connectivity index (χ3n) is 2.73. The van der Waals surface area contributed by atoms with E-state index in [0.29, 0.717) is 18.1 Å². The Morgan fingerprint density at radius 1 is 1.62 bits per heavy atom. The molecule has 0 saturated heterocycles. The minimum absolute atomic E-state index is 0.0184. The number of amides is 1. The molecule has 1 aromatic carbocycles. The second-order valence-electron chi connectivity index (χ2n) is 3.92. The Balaban J connectivity index is 2.43. The molecule has 0 spiro atoms. The molecule has 0 aromatic heterocycles. The highest BCUT2D eigenvalue weighted by Crippen LogP contribution is 2.33. The molecular formula is C11H14ClN3O. The molecule has 1 aromatic rings. The van der Waals surface area contributed by atoms with E-state index in [1.165, 1.54) is 0 Å². The molecule has 86 valence electrons. The van der Waals surface area contributed by atoms with Gasteiger partial charge in [0.05, 0.1) is 17.9 Å². The van der Waals surface area contributed by atoms with E-state index in [1.54, 1.807) is 6.07 Å². The van der Waals surface area contributed by atoms with Gasteiger partial charge in [0.1, 0.15) is 0 Å². The standard InChI is InChI=1S/C11H14ClN3O/c1-7(5-13)15-6-11(16)14-9-3-2-8(12)4-10(9)15/h2-4,7H,5-6,13H2,1H3,(H,14,16). The monoisotopic (exact) mass is 239 g/mol. The molecule has 0 saturated carbocycles. The van der Waals surface area contributed by atoms with Crippen molar-refractivity contribution in [2.45, 2.75) is 13.0 Å². The third kappa shape index (κ3) is 1.99.